The van der Waals surface area contributed by atoms with Crippen LogP contribution in [-0.4, -0.2) is 30.0 Å². The fourth-order valence-electron chi connectivity index (χ4n) is 1.88. The van der Waals surface area contributed by atoms with E-state index >= 15 is 0 Å². The molecule has 112 valence electrons. The number of thioether (sulfide) groups is 1. The summed E-state index contributed by atoms with van der Waals surface area (Å²) < 4.78 is 0. The van der Waals surface area contributed by atoms with Gasteiger partial charge in [-0.2, -0.15) is 11.8 Å². The van der Waals surface area contributed by atoms with Gasteiger partial charge >= 0.3 is 0 Å². The Bertz CT molecular complexity index is 437. The highest BCUT2D eigenvalue weighted by molar-refractivity contribution is 7.99. The number of nitrogens with one attached hydrogen (secondary N) is 2. The number of nitrogen functional groups attached to an aromatic ring is 1. The van der Waals surface area contributed by atoms with Gasteiger partial charge in [-0.25, -0.2) is 0 Å². The molecule has 1 aromatic rings. The van der Waals surface area contributed by atoms with Crippen molar-refractivity contribution in [2.24, 2.45) is 0 Å². The maximum atomic E-state index is 12.0. The lowest BCUT2D eigenvalue weighted by Crippen LogP contribution is -2.25. The Hall–Kier alpha value is -1.36. The van der Waals surface area contributed by atoms with Crippen molar-refractivity contribution in [1.29, 1.82) is 0 Å². The summed E-state index contributed by atoms with van der Waals surface area (Å²) in [4.78, 5) is 12.0. The Balaban J connectivity index is 2.76. The van der Waals surface area contributed by atoms with Crippen LogP contribution < -0.4 is 16.4 Å². The second kappa shape index (κ2) is 8.74. The van der Waals surface area contributed by atoms with Gasteiger partial charge in [-0.3, -0.25) is 4.79 Å². The van der Waals surface area contributed by atoms with E-state index in [0.29, 0.717) is 23.8 Å². The summed E-state index contributed by atoms with van der Waals surface area (Å²) >= 11 is 1.92. The van der Waals surface area contributed by atoms with E-state index in [0.717, 1.165) is 23.6 Å². The molecule has 5 heteroatoms. The average molecular weight is 295 g/mol. The predicted octanol–water partition coefficient (Wildman–Crippen LogP) is 2.96. The van der Waals surface area contributed by atoms with Crippen LogP contribution in [0.2, 0.25) is 0 Å². The summed E-state index contributed by atoms with van der Waals surface area (Å²) in [6.07, 6.45) is 1.06. The molecule has 0 aliphatic rings. The summed E-state index contributed by atoms with van der Waals surface area (Å²) in [6, 6.07) is 5.67. The lowest BCUT2D eigenvalue weighted by molar-refractivity contribution is 0.0956. The number of benzene rings is 1. The summed E-state index contributed by atoms with van der Waals surface area (Å²) in [5, 5.41) is 6.22. The molecule has 0 aliphatic carbocycles. The van der Waals surface area contributed by atoms with Crippen molar-refractivity contribution in [1.82, 2.24) is 5.32 Å². The minimum Gasteiger partial charge on any atom is -0.399 e. The number of carbonyl (C=O) groups excluding carboxylic acids is 1. The normalized spacial score (nSPS) is 11.9. The van der Waals surface area contributed by atoms with Crippen LogP contribution in [0.25, 0.3) is 0 Å². The molecule has 0 fully saturated rings. The summed E-state index contributed by atoms with van der Waals surface area (Å²) in [5.41, 5.74) is 7.95. The van der Waals surface area contributed by atoms with Gasteiger partial charge in [0.2, 0.25) is 0 Å². The maximum absolute atomic E-state index is 12.0. The molecular weight excluding hydrogens is 270 g/mol. The molecule has 0 saturated carbocycles. The Kier molecular flexibility index (Phi) is 7.30. The fraction of sp³-hybridized carbons (Fsp3) is 0.533. The molecule has 4 nitrogen and oxygen atoms in total. The molecule has 0 heterocycles. The molecule has 0 aromatic heterocycles. The third-order valence-electron chi connectivity index (χ3n) is 2.93. The van der Waals surface area contributed by atoms with E-state index in [1.54, 1.807) is 12.1 Å². The molecule has 1 rings (SSSR count). The second-order valence-electron chi connectivity index (χ2n) is 4.70. The molecule has 4 N–H and O–H groups in total. The van der Waals surface area contributed by atoms with E-state index in [1.807, 2.05) is 24.8 Å². The van der Waals surface area contributed by atoms with Crippen molar-refractivity contribution < 1.29 is 4.79 Å². The third-order valence-corrected chi connectivity index (χ3v) is 3.86. The highest BCUT2D eigenvalue weighted by Crippen LogP contribution is 2.21. The van der Waals surface area contributed by atoms with Crippen LogP contribution in [0.4, 0.5) is 11.4 Å². The molecule has 0 radical (unpaired) electrons. The minimum absolute atomic E-state index is 0.0647. The van der Waals surface area contributed by atoms with Crippen molar-refractivity contribution in [2.75, 3.05) is 29.1 Å². The van der Waals surface area contributed by atoms with Crippen LogP contribution in [0, 0.1) is 0 Å². The topological polar surface area (TPSA) is 67.2 Å². The van der Waals surface area contributed by atoms with Crippen molar-refractivity contribution >= 4 is 29.0 Å². The first-order valence-electron chi connectivity index (χ1n) is 7.10. The molecule has 1 atom stereocenters. The predicted molar refractivity (Wildman–Crippen MR) is 89.6 cm³/mol. The van der Waals surface area contributed by atoms with Crippen molar-refractivity contribution in [2.45, 2.75) is 33.2 Å². The van der Waals surface area contributed by atoms with E-state index in [1.165, 1.54) is 0 Å². The first kappa shape index (κ1) is 16.7. The Morgan fingerprint density at radius 1 is 1.40 bits per heavy atom. The fourth-order valence-corrected chi connectivity index (χ4v) is 2.69. The van der Waals surface area contributed by atoms with Gasteiger partial charge < -0.3 is 16.4 Å². The van der Waals surface area contributed by atoms with E-state index in [-0.39, 0.29) is 5.91 Å². The number of hydrogen-bond donors (Lipinski definition) is 3. The van der Waals surface area contributed by atoms with Crippen LogP contribution in [0.15, 0.2) is 18.2 Å². The van der Waals surface area contributed by atoms with Gasteiger partial charge in [-0.1, -0.05) is 6.92 Å². The minimum atomic E-state index is -0.0647. The summed E-state index contributed by atoms with van der Waals surface area (Å²) in [7, 11) is 0. The zero-order valence-corrected chi connectivity index (χ0v) is 13.3. The van der Waals surface area contributed by atoms with E-state index in [2.05, 4.69) is 24.5 Å². The molecule has 20 heavy (non-hydrogen) atoms. The monoisotopic (exact) mass is 295 g/mol. The van der Waals surface area contributed by atoms with Gasteiger partial charge in [0.25, 0.3) is 5.91 Å². The van der Waals surface area contributed by atoms with Crippen LogP contribution in [-0.2, 0) is 0 Å². The average Bonchev–Trinajstić information content (AvgIpc) is 2.39. The lowest BCUT2D eigenvalue weighted by atomic mass is 10.1. The number of amides is 1. The first-order chi connectivity index (χ1) is 9.58. The molecule has 0 spiro atoms. The van der Waals surface area contributed by atoms with Gasteiger partial charge in [0.1, 0.15) is 0 Å². The van der Waals surface area contributed by atoms with Gasteiger partial charge in [0.05, 0.1) is 5.56 Å². The maximum Gasteiger partial charge on any atom is 0.253 e. The summed E-state index contributed by atoms with van der Waals surface area (Å²) in [5.74, 6) is 2.18. The molecule has 1 aromatic carbocycles. The van der Waals surface area contributed by atoms with Crippen LogP contribution in [0.5, 0.6) is 0 Å². The highest BCUT2D eigenvalue weighted by Gasteiger charge is 2.12. The quantitative estimate of drug-likeness (QED) is 0.509. The van der Waals surface area contributed by atoms with Gasteiger partial charge in [-0.15, -0.1) is 0 Å². The number of anilines is 2. The molecular formula is C15H25N3OS. The highest BCUT2D eigenvalue weighted by atomic mass is 32.2. The van der Waals surface area contributed by atoms with Crippen LogP contribution >= 0.6 is 11.8 Å². The van der Waals surface area contributed by atoms with Gasteiger partial charge in [-0.05, 0) is 50.0 Å². The zero-order valence-electron chi connectivity index (χ0n) is 12.5. The number of rotatable bonds is 8. The lowest BCUT2D eigenvalue weighted by Gasteiger charge is -2.18. The van der Waals surface area contributed by atoms with Gasteiger partial charge in [0, 0.05) is 24.0 Å². The zero-order chi connectivity index (χ0) is 15.0. The molecule has 0 saturated heterocycles. The molecule has 0 bridgehead atoms. The van der Waals surface area contributed by atoms with Crippen molar-refractivity contribution in [3.63, 3.8) is 0 Å². The smallest absolute Gasteiger partial charge is 0.253 e. The third kappa shape index (κ3) is 5.33. The van der Waals surface area contributed by atoms with E-state index < -0.39 is 0 Å². The number of nitrogens with two attached hydrogens (primary N) is 1. The number of hydrogen-bond acceptors (Lipinski definition) is 4. The van der Waals surface area contributed by atoms with Crippen LogP contribution in [0.3, 0.4) is 0 Å². The van der Waals surface area contributed by atoms with E-state index in [4.69, 9.17) is 5.73 Å². The first-order valence-corrected chi connectivity index (χ1v) is 8.25. The second-order valence-corrected chi connectivity index (χ2v) is 6.09. The molecule has 1 unspecified atom stereocenters. The SMILES string of the molecule is CCNC(=O)c1ccc(N)cc1NC(C)CCSCC. The van der Waals surface area contributed by atoms with Crippen molar-refractivity contribution in [3.8, 4) is 0 Å². The van der Waals surface area contributed by atoms with E-state index in [9.17, 15) is 4.79 Å². The van der Waals surface area contributed by atoms with Crippen molar-refractivity contribution in [3.05, 3.63) is 23.8 Å². The summed E-state index contributed by atoms with van der Waals surface area (Å²) in [6.45, 7) is 6.81. The molecule has 1 amide bonds. The standard InChI is InChI=1S/C15H25N3OS/c1-4-17-15(19)13-7-6-12(16)10-14(13)18-11(3)8-9-20-5-2/h6-7,10-11,18H,4-5,8-9,16H2,1-3H3,(H,17,19). The van der Waals surface area contributed by atoms with Gasteiger partial charge in [0.15, 0.2) is 0 Å². The Morgan fingerprint density at radius 3 is 2.80 bits per heavy atom. The largest absolute Gasteiger partial charge is 0.399 e. The Morgan fingerprint density at radius 2 is 2.15 bits per heavy atom. The Labute approximate surface area is 125 Å². The molecule has 0 aliphatic heterocycles. The number of carbonyl (C=O) groups is 1. The van der Waals surface area contributed by atoms with Crippen LogP contribution in [0.1, 0.15) is 37.6 Å².